The summed E-state index contributed by atoms with van der Waals surface area (Å²) in [5.41, 5.74) is 9.21. The van der Waals surface area contributed by atoms with Gasteiger partial charge in [-0.15, -0.1) is 0 Å². The molecule has 1 saturated carbocycles. The number of aromatic nitrogens is 2. The summed E-state index contributed by atoms with van der Waals surface area (Å²) in [6.07, 6.45) is 3.53. The van der Waals surface area contributed by atoms with E-state index in [4.69, 9.17) is 15.2 Å². The van der Waals surface area contributed by atoms with Gasteiger partial charge in [0, 0.05) is 24.1 Å². The maximum atomic E-state index is 12.4. The van der Waals surface area contributed by atoms with E-state index in [0.717, 1.165) is 53.8 Å². The van der Waals surface area contributed by atoms with Crippen molar-refractivity contribution in [2.45, 2.75) is 58.2 Å². The highest BCUT2D eigenvalue weighted by molar-refractivity contribution is 5.80. The number of hydrogen-bond donors (Lipinski definition) is 2. The molecule has 4 rings (SSSR count). The number of nitrogens with one attached hydrogen (secondary N) is 1. The Kier molecular flexibility index (Phi) is 6.53. The molecule has 0 atom stereocenters. The smallest absolute Gasteiger partial charge is 0.223 e. The lowest BCUT2D eigenvalue weighted by Crippen LogP contribution is -2.37. The number of nitrogen functional groups attached to an aromatic ring is 1. The SMILES string of the molecule is COc1ccc(COc2ccc3nc(N)n([C@H]4CC[C@@H](C(=O)NC(C)C)CC4)c3c2)cc1. The number of nitrogens with two attached hydrogens (primary N) is 1. The van der Waals surface area contributed by atoms with E-state index >= 15 is 0 Å². The molecule has 0 spiro atoms. The largest absolute Gasteiger partial charge is 0.497 e. The van der Waals surface area contributed by atoms with Gasteiger partial charge in [0.15, 0.2) is 0 Å². The van der Waals surface area contributed by atoms with E-state index < -0.39 is 0 Å². The molecule has 3 aromatic rings. The van der Waals surface area contributed by atoms with Crippen LogP contribution in [-0.4, -0.2) is 28.6 Å². The zero-order chi connectivity index (χ0) is 22.7. The molecule has 3 N–H and O–H groups in total. The Bertz CT molecular complexity index is 1070. The van der Waals surface area contributed by atoms with Gasteiger partial charge in [0.05, 0.1) is 18.1 Å². The van der Waals surface area contributed by atoms with Gasteiger partial charge in [-0.25, -0.2) is 4.98 Å². The lowest BCUT2D eigenvalue weighted by molar-refractivity contribution is -0.126. The molecule has 1 amide bonds. The van der Waals surface area contributed by atoms with Crippen molar-refractivity contribution in [3.63, 3.8) is 0 Å². The minimum absolute atomic E-state index is 0.0769. The first-order valence-electron chi connectivity index (χ1n) is 11.3. The molecule has 0 radical (unpaired) electrons. The fraction of sp³-hybridized carbons (Fsp3) is 0.440. The predicted octanol–water partition coefficient (Wildman–Crippen LogP) is 4.46. The lowest BCUT2D eigenvalue weighted by atomic mass is 9.85. The van der Waals surface area contributed by atoms with Crippen molar-refractivity contribution in [1.29, 1.82) is 0 Å². The van der Waals surface area contributed by atoms with E-state index in [1.165, 1.54) is 0 Å². The number of benzene rings is 2. The van der Waals surface area contributed by atoms with Crippen LogP contribution in [0.2, 0.25) is 0 Å². The minimum Gasteiger partial charge on any atom is -0.497 e. The highest BCUT2D eigenvalue weighted by Crippen LogP contribution is 2.37. The maximum Gasteiger partial charge on any atom is 0.223 e. The van der Waals surface area contributed by atoms with Gasteiger partial charge >= 0.3 is 0 Å². The highest BCUT2D eigenvalue weighted by atomic mass is 16.5. The van der Waals surface area contributed by atoms with Gasteiger partial charge in [0.25, 0.3) is 0 Å². The van der Waals surface area contributed by atoms with Crippen molar-refractivity contribution in [2.75, 3.05) is 12.8 Å². The molecule has 2 aromatic carbocycles. The second-order valence-electron chi connectivity index (χ2n) is 8.80. The molecule has 0 aliphatic heterocycles. The number of hydrogen-bond acceptors (Lipinski definition) is 5. The first kappa shape index (κ1) is 22.0. The van der Waals surface area contributed by atoms with Crippen LogP contribution in [-0.2, 0) is 11.4 Å². The third kappa shape index (κ3) is 4.82. The number of fused-ring (bicyclic) bond motifs is 1. The molecule has 0 unspecified atom stereocenters. The number of ether oxygens (including phenoxy) is 2. The number of amides is 1. The normalized spacial score (nSPS) is 18.6. The third-order valence-corrected chi connectivity index (χ3v) is 6.12. The first-order valence-corrected chi connectivity index (χ1v) is 11.3. The average molecular weight is 437 g/mol. The van der Waals surface area contributed by atoms with Crippen LogP contribution < -0.4 is 20.5 Å². The fourth-order valence-corrected chi connectivity index (χ4v) is 4.45. The predicted molar refractivity (Wildman–Crippen MR) is 126 cm³/mol. The minimum atomic E-state index is 0.0769. The van der Waals surface area contributed by atoms with Gasteiger partial charge in [-0.2, -0.15) is 0 Å². The van der Waals surface area contributed by atoms with Gasteiger partial charge in [0.1, 0.15) is 18.1 Å². The molecule has 32 heavy (non-hydrogen) atoms. The summed E-state index contributed by atoms with van der Waals surface area (Å²) < 4.78 is 13.4. The summed E-state index contributed by atoms with van der Waals surface area (Å²) in [6, 6.07) is 14.1. The number of rotatable bonds is 7. The second kappa shape index (κ2) is 9.51. The molecular weight excluding hydrogens is 404 g/mol. The van der Waals surface area contributed by atoms with Crippen molar-refractivity contribution in [1.82, 2.24) is 14.9 Å². The van der Waals surface area contributed by atoms with Gasteiger partial charge < -0.3 is 25.1 Å². The summed E-state index contributed by atoms with van der Waals surface area (Å²) in [6.45, 7) is 4.46. The molecule has 1 heterocycles. The van der Waals surface area contributed by atoms with Crippen molar-refractivity contribution in [3.8, 4) is 11.5 Å². The summed E-state index contributed by atoms with van der Waals surface area (Å²) in [4.78, 5) is 16.9. The zero-order valence-electron chi connectivity index (χ0n) is 19.0. The average Bonchev–Trinajstić information content (AvgIpc) is 3.12. The van der Waals surface area contributed by atoms with Crippen LogP contribution in [0.15, 0.2) is 42.5 Å². The molecule has 7 heteroatoms. The van der Waals surface area contributed by atoms with Crippen LogP contribution in [0.4, 0.5) is 5.95 Å². The van der Waals surface area contributed by atoms with Crippen LogP contribution in [0.1, 0.15) is 51.1 Å². The number of anilines is 1. The number of carbonyl (C=O) groups excluding carboxylic acids is 1. The van der Waals surface area contributed by atoms with Crippen molar-refractivity contribution in [2.24, 2.45) is 5.92 Å². The van der Waals surface area contributed by atoms with E-state index in [1.807, 2.05) is 56.3 Å². The Morgan fingerprint density at radius 2 is 1.81 bits per heavy atom. The maximum absolute atomic E-state index is 12.4. The van der Waals surface area contributed by atoms with Crippen LogP contribution in [0, 0.1) is 5.92 Å². The first-order chi connectivity index (χ1) is 15.4. The second-order valence-corrected chi connectivity index (χ2v) is 8.80. The molecule has 1 fully saturated rings. The highest BCUT2D eigenvalue weighted by Gasteiger charge is 2.29. The Balaban J connectivity index is 1.46. The quantitative estimate of drug-likeness (QED) is 0.570. The molecule has 0 bridgehead atoms. The lowest BCUT2D eigenvalue weighted by Gasteiger charge is -2.30. The van der Waals surface area contributed by atoms with Crippen LogP contribution in [0.3, 0.4) is 0 Å². The topological polar surface area (TPSA) is 91.4 Å². The fourth-order valence-electron chi connectivity index (χ4n) is 4.45. The van der Waals surface area contributed by atoms with Gasteiger partial charge in [0.2, 0.25) is 11.9 Å². The van der Waals surface area contributed by atoms with E-state index in [2.05, 4.69) is 14.9 Å². The summed E-state index contributed by atoms with van der Waals surface area (Å²) in [7, 11) is 1.66. The van der Waals surface area contributed by atoms with E-state index in [-0.39, 0.29) is 23.9 Å². The van der Waals surface area contributed by atoms with Crippen LogP contribution in [0.25, 0.3) is 11.0 Å². The Morgan fingerprint density at radius 1 is 1.12 bits per heavy atom. The molecule has 1 aromatic heterocycles. The molecule has 170 valence electrons. The van der Waals surface area contributed by atoms with Gasteiger partial charge in [-0.3, -0.25) is 4.79 Å². The van der Waals surface area contributed by atoms with Crippen molar-refractivity contribution in [3.05, 3.63) is 48.0 Å². The summed E-state index contributed by atoms with van der Waals surface area (Å²) >= 11 is 0. The Morgan fingerprint density at radius 3 is 2.47 bits per heavy atom. The summed E-state index contributed by atoms with van der Waals surface area (Å²) in [5, 5.41) is 3.04. The molecule has 7 nitrogen and oxygen atoms in total. The Hall–Kier alpha value is -3.22. The van der Waals surface area contributed by atoms with E-state index in [9.17, 15) is 4.79 Å². The number of imidazole rings is 1. The summed E-state index contributed by atoms with van der Waals surface area (Å²) in [5.74, 6) is 2.36. The number of nitrogens with zero attached hydrogens (tertiary/aromatic N) is 2. The van der Waals surface area contributed by atoms with E-state index in [0.29, 0.717) is 12.6 Å². The Labute approximate surface area is 188 Å². The monoisotopic (exact) mass is 436 g/mol. The molecular formula is C25H32N4O3. The van der Waals surface area contributed by atoms with Crippen molar-refractivity contribution >= 4 is 22.9 Å². The van der Waals surface area contributed by atoms with Gasteiger partial charge in [-0.1, -0.05) is 12.1 Å². The van der Waals surface area contributed by atoms with Crippen molar-refractivity contribution < 1.29 is 14.3 Å². The molecule has 0 saturated heterocycles. The third-order valence-electron chi connectivity index (χ3n) is 6.12. The van der Waals surface area contributed by atoms with Crippen LogP contribution >= 0.6 is 0 Å². The molecule has 1 aliphatic rings. The number of methoxy groups -OCH3 is 1. The zero-order valence-corrected chi connectivity index (χ0v) is 19.0. The van der Waals surface area contributed by atoms with Crippen LogP contribution in [0.5, 0.6) is 11.5 Å². The van der Waals surface area contributed by atoms with Gasteiger partial charge in [-0.05, 0) is 69.4 Å². The van der Waals surface area contributed by atoms with E-state index in [1.54, 1.807) is 7.11 Å². The standard InChI is InChI=1S/C25H32N4O3/c1-16(2)27-24(30)18-6-8-19(9-7-18)29-23-14-21(12-13-22(23)28-25(29)26)32-15-17-4-10-20(31-3)11-5-17/h4-5,10-14,16,18-19H,6-9,15H2,1-3H3,(H2,26,28)(H,27,30)/t18-,19+. The number of carbonyl (C=O) groups is 1. The molecule has 1 aliphatic carbocycles.